The van der Waals surface area contributed by atoms with E-state index in [-0.39, 0.29) is 23.9 Å². The molecular formula is C15H20FN3O2. The molecule has 3 N–H and O–H groups in total. The van der Waals surface area contributed by atoms with Crippen LogP contribution in [-0.4, -0.2) is 36.7 Å². The van der Waals surface area contributed by atoms with Crippen molar-refractivity contribution in [1.82, 2.24) is 10.2 Å². The van der Waals surface area contributed by atoms with Crippen LogP contribution >= 0.6 is 0 Å². The lowest BCUT2D eigenvalue weighted by molar-refractivity contribution is 0.187. The van der Waals surface area contributed by atoms with Crippen LogP contribution in [0.5, 0.6) is 5.75 Å². The van der Waals surface area contributed by atoms with Crippen molar-refractivity contribution in [3.05, 3.63) is 29.6 Å². The third kappa shape index (κ3) is 2.55. The Morgan fingerprint density at radius 1 is 1.62 bits per heavy atom. The van der Waals surface area contributed by atoms with Crippen LogP contribution in [0.3, 0.4) is 0 Å². The van der Waals surface area contributed by atoms with E-state index >= 15 is 0 Å². The highest BCUT2D eigenvalue weighted by molar-refractivity contribution is 5.75. The Morgan fingerprint density at radius 3 is 3.00 bits per heavy atom. The summed E-state index contributed by atoms with van der Waals surface area (Å²) in [4.78, 5) is 13.9. The number of amides is 2. The van der Waals surface area contributed by atoms with Gasteiger partial charge in [-0.2, -0.15) is 0 Å². The lowest BCUT2D eigenvalue weighted by Crippen LogP contribution is -2.55. The smallest absolute Gasteiger partial charge is 0.317 e. The van der Waals surface area contributed by atoms with Gasteiger partial charge in [0.1, 0.15) is 11.6 Å². The topological polar surface area (TPSA) is 67.6 Å². The van der Waals surface area contributed by atoms with Crippen molar-refractivity contribution in [3.63, 3.8) is 0 Å². The summed E-state index contributed by atoms with van der Waals surface area (Å²) in [6, 6.07) is 4.11. The van der Waals surface area contributed by atoms with Gasteiger partial charge in [0.25, 0.3) is 0 Å². The van der Waals surface area contributed by atoms with Crippen LogP contribution in [0.1, 0.15) is 18.4 Å². The third-order valence-electron chi connectivity index (χ3n) is 4.66. The molecule has 3 rings (SSSR count). The fourth-order valence-electron chi connectivity index (χ4n) is 3.21. The van der Waals surface area contributed by atoms with E-state index < -0.39 is 0 Å². The van der Waals surface area contributed by atoms with Gasteiger partial charge < -0.3 is 20.7 Å². The van der Waals surface area contributed by atoms with E-state index in [1.807, 2.05) is 0 Å². The first-order chi connectivity index (χ1) is 10.0. The fraction of sp³-hybridized carbons (Fsp3) is 0.533. The van der Waals surface area contributed by atoms with E-state index in [9.17, 15) is 9.18 Å². The highest BCUT2D eigenvalue weighted by Gasteiger charge is 2.51. The maximum Gasteiger partial charge on any atom is 0.317 e. The van der Waals surface area contributed by atoms with Crippen molar-refractivity contribution in [2.75, 3.05) is 20.2 Å². The average molecular weight is 293 g/mol. The summed E-state index contributed by atoms with van der Waals surface area (Å²) in [5.74, 6) is 0.639. The minimum Gasteiger partial charge on any atom is -0.496 e. The molecule has 6 heteroatoms. The molecule has 0 bridgehead atoms. The zero-order valence-corrected chi connectivity index (χ0v) is 12.1. The zero-order chi connectivity index (χ0) is 15.0. The van der Waals surface area contributed by atoms with Crippen LogP contribution in [0, 0.1) is 11.7 Å². The summed E-state index contributed by atoms with van der Waals surface area (Å²) in [5, 5.41) is 2.81. The monoisotopic (exact) mass is 293 g/mol. The van der Waals surface area contributed by atoms with Crippen molar-refractivity contribution in [3.8, 4) is 5.75 Å². The molecule has 0 spiro atoms. The maximum absolute atomic E-state index is 13.3. The van der Waals surface area contributed by atoms with Crippen molar-refractivity contribution >= 4 is 6.03 Å². The van der Waals surface area contributed by atoms with Crippen molar-refractivity contribution in [2.24, 2.45) is 11.7 Å². The quantitative estimate of drug-likeness (QED) is 0.886. The van der Waals surface area contributed by atoms with Gasteiger partial charge >= 0.3 is 6.03 Å². The number of nitrogens with zero attached hydrogens (tertiary/aromatic N) is 1. The zero-order valence-electron chi connectivity index (χ0n) is 12.1. The molecule has 114 valence electrons. The van der Waals surface area contributed by atoms with Gasteiger partial charge in [0, 0.05) is 30.7 Å². The summed E-state index contributed by atoms with van der Waals surface area (Å²) in [5.41, 5.74) is 6.65. The molecule has 2 amide bonds. The predicted molar refractivity (Wildman–Crippen MR) is 76.4 cm³/mol. The van der Waals surface area contributed by atoms with Crippen LogP contribution in [-0.2, 0) is 6.54 Å². The van der Waals surface area contributed by atoms with E-state index in [4.69, 9.17) is 10.5 Å². The van der Waals surface area contributed by atoms with Crippen molar-refractivity contribution in [1.29, 1.82) is 0 Å². The number of fused-ring (bicyclic) bond motifs is 1. The highest BCUT2D eigenvalue weighted by atomic mass is 19.1. The molecule has 0 unspecified atom stereocenters. The molecule has 1 saturated heterocycles. The molecular weight excluding hydrogens is 273 g/mol. The molecule has 1 aliphatic carbocycles. The van der Waals surface area contributed by atoms with E-state index in [1.54, 1.807) is 11.0 Å². The van der Waals surface area contributed by atoms with Gasteiger partial charge in [-0.1, -0.05) is 0 Å². The minimum absolute atomic E-state index is 0.152. The second-order valence-electron chi connectivity index (χ2n) is 5.96. The number of rotatable bonds is 3. The third-order valence-corrected chi connectivity index (χ3v) is 4.66. The van der Waals surface area contributed by atoms with Crippen LogP contribution in [0.15, 0.2) is 18.2 Å². The summed E-state index contributed by atoms with van der Waals surface area (Å²) in [7, 11) is 1.52. The van der Waals surface area contributed by atoms with Gasteiger partial charge in [-0.25, -0.2) is 9.18 Å². The molecule has 0 radical (unpaired) electrons. The second-order valence-corrected chi connectivity index (χ2v) is 5.96. The molecule has 1 saturated carbocycles. The SMILES string of the molecule is COc1ccc(F)cc1CNC(=O)N1C[C@@H]2CC[C@]2(N)C1. The summed E-state index contributed by atoms with van der Waals surface area (Å²) >= 11 is 0. The predicted octanol–water partition coefficient (Wildman–Crippen LogP) is 1.47. The normalized spacial score (nSPS) is 27.0. The van der Waals surface area contributed by atoms with Crippen LogP contribution in [0.25, 0.3) is 0 Å². The number of nitrogens with one attached hydrogen (secondary N) is 1. The first-order valence-corrected chi connectivity index (χ1v) is 7.16. The maximum atomic E-state index is 13.3. The first kappa shape index (κ1) is 14.1. The molecule has 1 aromatic rings. The Labute approximate surface area is 123 Å². The number of hydrogen-bond donors (Lipinski definition) is 2. The Balaban J connectivity index is 1.60. The van der Waals surface area contributed by atoms with E-state index in [0.29, 0.717) is 30.3 Å². The molecule has 1 aromatic carbocycles. The van der Waals surface area contributed by atoms with Gasteiger partial charge in [-0.15, -0.1) is 0 Å². The molecule has 2 aliphatic rings. The Kier molecular flexibility index (Phi) is 3.49. The Morgan fingerprint density at radius 2 is 2.43 bits per heavy atom. The van der Waals surface area contributed by atoms with Crippen LogP contribution in [0.2, 0.25) is 0 Å². The van der Waals surface area contributed by atoms with E-state index in [0.717, 1.165) is 12.8 Å². The molecule has 5 nitrogen and oxygen atoms in total. The highest BCUT2D eigenvalue weighted by Crippen LogP contribution is 2.42. The number of benzene rings is 1. The molecule has 0 aromatic heterocycles. The summed E-state index contributed by atoms with van der Waals surface area (Å²) < 4.78 is 18.4. The van der Waals surface area contributed by atoms with Gasteiger partial charge in [-0.05, 0) is 37.0 Å². The average Bonchev–Trinajstić information content (AvgIpc) is 2.69. The molecule has 2 atom stereocenters. The molecule has 1 aliphatic heterocycles. The number of hydrogen-bond acceptors (Lipinski definition) is 3. The minimum atomic E-state index is -0.347. The Hall–Kier alpha value is -1.82. The summed E-state index contributed by atoms with van der Waals surface area (Å²) in [6.45, 7) is 1.55. The molecule has 1 heterocycles. The summed E-state index contributed by atoms with van der Waals surface area (Å²) in [6.07, 6.45) is 2.08. The molecule has 21 heavy (non-hydrogen) atoms. The number of likely N-dealkylation sites (tertiary alicyclic amines) is 1. The largest absolute Gasteiger partial charge is 0.496 e. The second kappa shape index (κ2) is 5.18. The van der Waals surface area contributed by atoms with Crippen molar-refractivity contribution in [2.45, 2.75) is 24.9 Å². The van der Waals surface area contributed by atoms with Crippen LogP contribution in [0.4, 0.5) is 9.18 Å². The standard InChI is InChI=1S/C15H20FN3O2/c1-21-13-3-2-12(16)6-10(13)7-18-14(20)19-8-11-4-5-15(11,17)9-19/h2-3,6,11H,4-5,7-9,17H2,1H3,(H,18,20)/t11-,15-/m0/s1. The number of carbonyl (C=O) groups excluding carboxylic acids is 1. The number of carbonyl (C=O) groups is 1. The van der Waals surface area contributed by atoms with Gasteiger partial charge in [-0.3, -0.25) is 0 Å². The number of ether oxygens (including phenoxy) is 1. The lowest BCUT2D eigenvalue weighted by atomic mass is 9.70. The van der Waals surface area contributed by atoms with Crippen molar-refractivity contribution < 1.29 is 13.9 Å². The number of methoxy groups -OCH3 is 1. The van der Waals surface area contributed by atoms with Gasteiger partial charge in [0.2, 0.25) is 0 Å². The number of halogens is 1. The Bertz CT molecular complexity index is 566. The lowest BCUT2D eigenvalue weighted by Gasteiger charge is -2.39. The van der Waals surface area contributed by atoms with E-state index in [1.165, 1.54) is 19.2 Å². The van der Waals surface area contributed by atoms with E-state index in [2.05, 4.69) is 5.32 Å². The van der Waals surface area contributed by atoms with Gasteiger partial charge in [0.15, 0.2) is 0 Å². The number of nitrogens with two attached hydrogens (primary N) is 1. The van der Waals surface area contributed by atoms with Gasteiger partial charge in [0.05, 0.1) is 7.11 Å². The van der Waals surface area contributed by atoms with Crippen LogP contribution < -0.4 is 15.8 Å². The first-order valence-electron chi connectivity index (χ1n) is 7.16. The fourth-order valence-corrected chi connectivity index (χ4v) is 3.21. The number of urea groups is 1. The molecule has 2 fully saturated rings.